The Morgan fingerprint density at radius 2 is 0.477 bits per heavy atom. The third-order valence-corrected chi connectivity index (χ3v) is 17.7. The molecule has 522 valence electrons. The first-order chi connectivity index (χ1) is 42.1. The molecule has 0 aromatic heterocycles. The number of unbranched alkanes of at least 4 members (excludes halogenated alkanes) is 32. The first-order valence-electron chi connectivity index (χ1n) is 35.7. The Kier molecular flexibility index (Phi) is 57.6. The van der Waals surface area contributed by atoms with Gasteiger partial charge in [0.1, 0.15) is 19.3 Å². The van der Waals surface area contributed by atoms with Crippen molar-refractivity contribution in [3.63, 3.8) is 0 Å². The fourth-order valence-electron chi connectivity index (χ4n) is 10.3. The molecule has 19 heteroatoms. The summed E-state index contributed by atoms with van der Waals surface area (Å²) in [4.78, 5) is 72.4. The van der Waals surface area contributed by atoms with Gasteiger partial charge >= 0.3 is 39.5 Å². The van der Waals surface area contributed by atoms with Crippen LogP contribution in [0.25, 0.3) is 0 Å². The fourth-order valence-corrected chi connectivity index (χ4v) is 11.9. The lowest BCUT2D eigenvalue weighted by molar-refractivity contribution is -0.161. The summed E-state index contributed by atoms with van der Waals surface area (Å²) in [6.45, 7) is 14.0. The van der Waals surface area contributed by atoms with E-state index in [1.165, 1.54) is 128 Å². The van der Waals surface area contributed by atoms with E-state index in [0.29, 0.717) is 37.5 Å². The largest absolute Gasteiger partial charge is 0.472 e. The Hall–Kier alpha value is -1.94. The van der Waals surface area contributed by atoms with Gasteiger partial charge in [-0.05, 0) is 49.4 Å². The summed E-state index contributed by atoms with van der Waals surface area (Å²) in [5.41, 5.74) is 0. The van der Waals surface area contributed by atoms with Crippen LogP contribution >= 0.6 is 15.6 Å². The third-order valence-electron chi connectivity index (χ3n) is 15.8. The van der Waals surface area contributed by atoms with Crippen LogP contribution in [0.2, 0.25) is 0 Å². The molecule has 2 unspecified atom stereocenters. The molecule has 0 fully saturated rings. The Bertz CT molecular complexity index is 1750. The SMILES string of the molecule is CC(C)CCCCCCCCCCCCCCC(=O)O[C@H](COC(=O)CCCCCCCCC(C)C)COP(=O)(O)OC[C@H](O)COP(=O)(O)OC[C@@H](COC(=O)CCCCCCCCCC(C)C)OC(=O)CCCCCCCCCCCCCC(C)C. The maximum atomic E-state index is 13.0. The molecular formula is C69H134O17P2. The predicted molar refractivity (Wildman–Crippen MR) is 354 cm³/mol. The second-order valence-electron chi connectivity index (χ2n) is 26.8. The summed E-state index contributed by atoms with van der Waals surface area (Å²) in [7, 11) is -9.90. The molecule has 0 aromatic carbocycles. The molecule has 0 saturated heterocycles. The van der Waals surface area contributed by atoms with Crippen molar-refractivity contribution in [3.8, 4) is 0 Å². The minimum absolute atomic E-state index is 0.105. The lowest BCUT2D eigenvalue weighted by Gasteiger charge is -2.21. The van der Waals surface area contributed by atoms with Crippen LogP contribution in [0.1, 0.15) is 338 Å². The molecule has 0 aromatic rings. The van der Waals surface area contributed by atoms with E-state index in [9.17, 15) is 43.2 Å². The summed E-state index contributed by atoms with van der Waals surface area (Å²) in [5.74, 6) is 0.793. The van der Waals surface area contributed by atoms with Gasteiger partial charge in [0, 0.05) is 25.7 Å². The smallest absolute Gasteiger partial charge is 0.462 e. The number of phosphoric ester groups is 2. The predicted octanol–water partition coefficient (Wildman–Crippen LogP) is 19.3. The third kappa shape index (κ3) is 62.8. The number of aliphatic hydroxyl groups is 1. The van der Waals surface area contributed by atoms with Gasteiger partial charge in [0.2, 0.25) is 0 Å². The van der Waals surface area contributed by atoms with Gasteiger partial charge in [0.15, 0.2) is 12.2 Å². The molecule has 17 nitrogen and oxygen atoms in total. The Morgan fingerprint density at radius 3 is 0.705 bits per heavy atom. The summed E-state index contributed by atoms with van der Waals surface area (Å²) in [5, 5.41) is 10.6. The first-order valence-corrected chi connectivity index (χ1v) is 38.7. The lowest BCUT2D eigenvalue weighted by Crippen LogP contribution is -2.30. The Balaban J connectivity index is 5.23. The normalized spacial score (nSPS) is 14.3. The maximum Gasteiger partial charge on any atom is 0.472 e. The number of rotatable bonds is 66. The van der Waals surface area contributed by atoms with E-state index in [1.54, 1.807) is 0 Å². The van der Waals surface area contributed by atoms with Gasteiger partial charge in [-0.15, -0.1) is 0 Å². The highest BCUT2D eigenvalue weighted by Crippen LogP contribution is 2.45. The molecule has 88 heavy (non-hydrogen) atoms. The van der Waals surface area contributed by atoms with Gasteiger partial charge in [-0.3, -0.25) is 37.3 Å². The van der Waals surface area contributed by atoms with Crippen molar-refractivity contribution < 1.29 is 80.2 Å². The lowest BCUT2D eigenvalue weighted by atomic mass is 10.0. The number of carbonyl (C=O) groups excluding carboxylic acids is 4. The summed E-state index contributed by atoms with van der Waals surface area (Å²) in [6, 6.07) is 0. The molecule has 0 saturated carbocycles. The number of hydrogen-bond acceptors (Lipinski definition) is 15. The van der Waals surface area contributed by atoms with E-state index in [4.69, 9.17) is 37.0 Å². The molecule has 0 radical (unpaired) electrons. The number of aliphatic hydroxyl groups excluding tert-OH is 1. The average Bonchev–Trinajstić information content (AvgIpc) is 3.68. The van der Waals surface area contributed by atoms with E-state index in [1.807, 2.05) is 0 Å². The molecule has 0 amide bonds. The minimum Gasteiger partial charge on any atom is -0.462 e. The monoisotopic (exact) mass is 1300 g/mol. The zero-order chi connectivity index (χ0) is 65.4. The topological polar surface area (TPSA) is 237 Å². The number of ether oxygens (including phenoxy) is 4. The molecule has 5 atom stereocenters. The molecule has 0 bridgehead atoms. The average molecular weight is 1300 g/mol. The number of esters is 4. The van der Waals surface area contributed by atoms with Crippen LogP contribution in [-0.2, 0) is 65.4 Å². The molecule has 0 spiro atoms. The quantitative estimate of drug-likeness (QED) is 0.0222. The van der Waals surface area contributed by atoms with Crippen molar-refractivity contribution in [1.29, 1.82) is 0 Å². The summed E-state index contributed by atoms with van der Waals surface area (Å²) >= 11 is 0. The van der Waals surface area contributed by atoms with Gasteiger partial charge in [0.25, 0.3) is 0 Å². The number of hydrogen-bond donors (Lipinski definition) is 3. The summed E-state index contributed by atoms with van der Waals surface area (Å²) < 4.78 is 68.2. The molecule has 0 aliphatic carbocycles. The Morgan fingerprint density at radius 1 is 0.284 bits per heavy atom. The van der Waals surface area contributed by atoms with Crippen LogP contribution < -0.4 is 0 Å². The molecular weight excluding hydrogens is 1160 g/mol. The van der Waals surface area contributed by atoms with Gasteiger partial charge in [0.05, 0.1) is 26.4 Å². The molecule has 0 aliphatic rings. The highest BCUT2D eigenvalue weighted by Gasteiger charge is 2.30. The van der Waals surface area contributed by atoms with Gasteiger partial charge in [-0.25, -0.2) is 9.13 Å². The van der Waals surface area contributed by atoms with Gasteiger partial charge in [-0.2, -0.15) is 0 Å². The van der Waals surface area contributed by atoms with Crippen molar-refractivity contribution in [2.45, 2.75) is 356 Å². The van der Waals surface area contributed by atoms with E-state index in [2.05, 4.69) is 55.4 Å². The second kappa shape index (κ2) is 58.8. The zero-order valence-corrected chi connectivity index (χ0v) is 59.1. The fraction of sp³-hybridized carbons (Fsp3) is 0.942. The summed E-state index contributed by atoms with van der Waals surface area (Å²) in [6.07, 6.45) is 40.5. The zero-order valence-electron chi connectivity index (χ0n) is 57.3. The molecule has 0 rings (SSSR count). The van der Waals surface area contributed by atoms with Crippen molar-refractivity contribution in [1.82, 2.24) is 0 Å². The van der Waals surface area contributed by atoms with Gasteiger partial charge in [-0.1, -0.05) is 287 Å². The van der Waals surface area contributed by atoms with Crippen LogP contribution in [0.15, 0.2) is 0 Å². The van der Waals surface area contributed by atoms with E-state index < -0.39 is 97.5 Å². The number of phosphoric acid groups is 2. The molecule has 0 heterocycles. The van der Waals surface area contributed by atoms with Crippen LogP contribution in [0.3, 0.4) is 0 Å². The van der Waals surface area contributed by atoms with Crippen LogP contribution in [-0.4, -0.2) is 96.7 Å². The standard InChI is InChI=1S/C69H134O17P2/c1-59(2)45-37-29-21-16-12-9-10-14-18-24-35-43-51-68(73)86-65(56-80-67(72)50-42-34-28-27-32-40-48-62(7)8)58-84-88(77,78)82-54-63(70)53-81-87(75,76)83-57-64(55-79-66(71)49-41-33-26-20-23-31-39-47-61(5)6)85-69(74)52-44-36-25-19-15-11-13-17-22-30-38-46-60(3)4/h59-65,70H,9-58H2,1-8H3,(H,75,76)(H,77,78)/t63-,64-,65-/m1/s1. The van der Waals surface area contributed by atoms with Crippen molar-refractivity contribution in [2.24, 2.45) is 23.7 Å². The van der Waals surface area contributed by atoms with Gasteiger partial charge < -0.3 is 33.8 Å². The molecule has 3 N–H and O–H groups in total. The Labute approximate surface area is 537 Å². The highest BCUT2D eigenvalue weighted by molar-refractivity contribution is 7.47. The highest BCUT2D eigenvalue weighted by atomic mass is 31.2. The molecule has 0 aliphatic heterocycles. The van der Waals surface area contributed by atoms with E-state index >= 15 is 0 Å². The van der Waals surface area contributed by atoms with E-state index in [-0.39, 0.29) is 25.7 Å². The van der Waals surface area contributed by atoms with Crippen LogP contribution in [0.5, 0.6) is 0 Å². The van der Waals surface area contributed by atoms with Crippen molar-refractivity contribution in [2.75, 3.05) is 39.6 Å². The van der Waals surface area contributed by atoms with Crippen LogP contribution in [0, 0.1) is 23.7 Å². The minimum atomic E-state index is -4.95. The second-order valence-corrected chi connectivity index (χ2v) is 29.7. The van der Waals surface area contributed by atoms with Crippen molar-refractivity contribution in [3.05, 3.63) is 0 Å². The number of carbonyl (C=O) groups is 4. The first kappa shape index (κ1) is 86.1. The van der Waals surface area contributed by atoms with Crippen molar-refractivity contribution >= 4 is 39.5 Å². The van der Waals surface area contributed by atoms with E-state index in [0.717, 1.165) is 115 Å². The van der Waals surface area contributed by atoms with Crippen LogP contribution in [0.4, 0.5) is 0 Å². The maximum absolute atomic E-state index is 13.0.